The van der Waals surface area contributed by atoms with Crippen LogP contribution in [0.5, 0.6) is 0 Å². The number of carbonyl (C=O) groups excluding carboxylic acids is 1. The summed E-state index contributed by atoms with van der Waals surface area (Å²) < 4.78 is 0. The van der Waals surface area contributed by atoms with E-state index in [1.165, 1.54) is 37.0 Å². The van der Waals surface area contributed by atoms with Crippen LogP contribution < -0.4 is 5.73 Å². The predicted octanol–water partition coefficient (Wildman–Crippen LogP) is 3.21. The number of carbonyl (C=O) groups is 1. The standard InChI is InChI=1S/C13H17NOS/c14-13(15)10-5-4-8-12(9-10)16-11-6-2-1-3-7-11/h4-5,8-9,11H,1-3,6-7H2,(H2,14,15). The first-order chi connectivity index (χ1) is 7.75. The average molecular weight is 235 g/mol. The van der Waals surface area contributed by atoms with Crippen LogP contribution in [-0.4, -0.2) is 11.2 Å². The number of nitrogens with two attached hydrogens (primary N) is 1. The zero-order valence-electron chi connectivity index (χ0n) is 9.32. The predicted molar refractivity (Wildman–Crippen MR) is 67.7 cm³/mol. The zero-order chi connectivity index (χ0) is 11.4. The Hall–Kier alpha value is -0.960. The van der Waals surface area contributed by atoms with Gasteiger partial charge in [0.15, 0.2) is 0 Å². The first kappa shape index (κ1) is 11.5. The van der Waals surface area contributed by atoms with Crippen molar-refractivity contribution >= 4 is 17.7 Å². The lowest BCUT2D eigenvalue weighted by Gasteiger charge is -2.20. The number of hydrogen-bond donors (Lipinski definition) is 1. The van der Waals surface area contributed by atoms with E-state index in [1.54, 1.807) is 6.07 Å². The minimum Gasteiger partial charge on any atom is -0.366 e. The van der Waals surface area contributed by atoms with Gasteiger partial charge in [0.25, 0.3) is 0 Å². The molecule has 1 aromatic carbocycles. The molecule has 0 radical (unpaired) electrons. The van der Waals surface area contributed by atoms with Crippen molar-refractivity contribution in [2.45, 2.75) is 42.2 Å². The second-order valence-electron chi connectivity index (χ2n) is 4.27. The molecule has 2 rings (SSSR count). The fraction of sp³-hybridized carbons (Fsp3) is 0.462. The van der Waals surface area contributed by atoms with Crippen LogP contribution >= 0.6 is 11.8 Å². The molecule has 0 atom stereocenters. The summed E-state index contributed by atoms with van der Waals surface area (Å²) in [6.07, 6.45) is 6.65. The van der Waals surface area contributed by atoms with E-state index in [1.807, 2.05) is 23.9 Å². The average Bonchev–Trinajstić information content (AvgIpc) is 2.30. The highest BCUT2D eigenvalue weighted by molar-refractivity contribution is 8.00. The molecule has 0 bridgehead atoms. The second-order valence-corrected chi connectivity index (χ2v) is 5.64. The monoisotopic (exact) mass is 235 g/mol. The van der Waals surface area contributed by atoms with Crippen molar-refractivity contribution in [3.63, 3.8) is 0 Å². The third-order valence-electron chi connectivity index (χ3n) is 2.97. The number of amides is 1. The Morgan fingerprint density at radius 2 is 2.00 bits per heavy atom. The molecule has 0 aliphatic heterocycles. The Morgan fingerprint density at radius 1 is 1.25 bits per heavy atom. The van der Waals surface area contributed by atoms with Gasteiger partial charge in [0.05, 0.1) is 0 Å². The topological polar surface area (TPSA) is 43.1 Å². The van der Waals surface area contributed by atoms with Gasteiger partial charge in [-0.2, -0.15) is 0 Å². The first-order valence-electron chi connectivity index (χ1n) is 5.82. The fourth-order valence-corrected chi connectivity index (χ4v) is 3.40. The smallest absolute Gasteiger partial charge is 0.248 e. The molecule has 0 unspecified atom stereocenters. The van der Waals surface area contributed by atoms with Gasteiger partial charge in [0, 0.05) is 15.7 Å². The van der Waals surface area contributed by atoms with E-state index in [0.717, 1.165) is 5.25 Å². The Kier molecular flexibility index (Phi) is 3.88. The van der Waals surface area contributed by atoms with Crippen molar-refractivity contribution in [1.29, 1.82) is 0 Å². The van der Waals surface area contributed by atoms with E-state index >= 15 is 0 Å². The molecule has 2 N–H and O–H groups in total. The lowest BCUT2D eigenvalue weighted by atomic mass is 10.0. The molecule has 0 spiro atoms. The maximum Gasteiger partial charge on any atom is 0.248 e. The van der Waals surface area contributed by atoms with Crippen LogP contribution in [-0.2, 0) is 0 Å². The highest BCUT2D eigenvalue weighted by Gasteiger charge is 2.14. The van der Waals surface area contributed by atoms with Gasteiger partial charge in [0.1, 0.15) is 0 Å². The molecular formula is C13H17NOS. The summed E-state index contributed by atoms with van der Waals surface area (Å²) in [5, 5.41) is 0.719. The van der Waals surface area contributed by atoms with E-state index in [4.69, 9.17) is 5.73 Å². The maximum absolute atomic E-state index is 11.1. The maximum atomic E-state index is 11.1. The number of hydrogen-bond acceptors (Lipinski definition) is 2. The summed E-state index contributed by atoms with van der Waals surface area (Å²) in [7, 11) is 0. The van der Waals surface area contributed by atoms with Gasteiger partial charge in [-0.3, -0.25) is 4.79 Å². The zero-order valence-corrected chi connectivity index (χ0v) is 10.1. The van der Waals surface area contributed by atoms with E-state index in [0.29, 0.717) is 5.56 Å². The molecule has 1 amide bonds. The van der Waals surface area contributed by atoms with Crippen LogP contribution in [0.1, 0.15) is 42.5 Å². The first-order valence-corrected chi connectivity index (χ1v) is 6.70. The summed E-state index contributed by atoms with van der Waals surface area (Å²) in [5.74, 6) is -0.342. The minimum atomic E-state index is -0.342. The number of thioether (sulfide) groups is 1. The van der Waals surface area contributed by atoms with Gasteiger partial charge in [-0.15, -0.1) is 11.8 Å². The molecule has 1 saturated carbocycles. The molecule has 0 aromatic heterocycles. The summed E-state index contributed by atoms with van der Waals surface area (Å²) in [4.78, 5) is 12.2. The molecule has 2 nitrogen and oxygen atoms in total. The molecule has 1 fully saturated rings. The number of benzene rings is 1. The van der Waals surface area contributed by atoms with E-state index < -0.39 is 0 Å². The normalized spacial score (nSPS) is 17.2. The van der Waals surface area contributed by atoms with Crippen molar-refractivity contribution in [2.75, 3.05) is 0 Å². The highest BCUT2D eigenvalue weighted by Crippen LogP contribution is 2.33. The molecular weight excluding hydrogens is 218 g/mol. The van der Waals surface area contributed by atoms with Crippen LogP contribution in [0.4, 0.5) is 0 Å². The Balaban J connectivity index is 2.02. The van der Waals surface area contributed by atoms with Crippen molar-refractivity contribution in [1.82, 2.24) is 0 Å². The third-order valence-corrected chi connectivity index (χ3v) is 4.30. The van der Waals surface area contributed by atoms with E-state index in [9.17, 15) is 4.79 Å². The van der Waals surface area contributed by atoms with Crippen LogP contribution in [0.3, 0.4) is 0 Å². The van der Waals surface area contributed by atoms with E-state index in [-0.39, 0.29) is 5.91 Å². The van der Waals surface area contributed by atoms with Gasteiger partial charge in [-0.25, -0.2) is 0 Å². The third kappa shape index (κ3) is 3.01. The van der Waals surface area contributed by atoms with Gasteiger partial charge in [-0.1, -0.05) is 25.3 Å². The SMILES string of the molecule is NC(=O)c1cccc(SC2CCCCC2)c1. The highest BCUT2D eigenvalue weighted by atomic mass is 32.2. The van der Waals surface area contributed by atoms with E-state index in [2.05, 4.69) is 6.07 Å². The van der Waals surface area contributed by atoms with Crippen LogP contribution in [0.25, 0.3) is 0 Å². The van der Waals surface area contributed by atoms with Crippen LogP contribution in [0.15, 0.2) is 29.2 Å². The second kappa shape index (κ2) is 5.39. The van der Waals surface area contributed by atoms with Crippen LogP contribution in [0.2, 0.25) is 0 Å². The van der Waals surface area contributed by atoms with Crippen molar-refractivity contribution < 1.29 is 4.79 Å². The molecule has 3 heteroatoms. The molecule has 1 aliphatic rings. The largest absolute Gasteiger partial charge is 0.366 e. The number of rotatable bonds is 3. The van der Waals surface area contributed by atoms with Gasteiger partial charge < -0.3 is 5.73 Å². The summed E-state index contributed by atoms with van der Waals surface area (Å²) >= 11 is 1.89. The molecule has 16 heavy (non-hydrogen) atoms. The molecule has 86 valence electrons. The van der Waals surface area contributed by atoms with Gasteiger partial charge >= 0.3 is 0 Å². The lowest BCUT2D eigenvalue weighted by Crippen LogP contribution is -2.11. The summed E-state index contributed by atoms with van der Waals surface area (Å²) in [5.41, 5.74) is 5.88. The van der Waals surface area contributed by atoms with Crippen molar-refractivity contribution in [2.24, 2.45) is 5.73 Å². The number of primary amides is 1. The van der Waals surface area contributed by atoms with Crippen molar-refractivity contribution in [3.8, 4) is 0 Å². The Morgan fingerprint density at radius 3 is 2.69 bits per heavy atom. The van der Waals surface area contributed by atoms with Gasteiger partial charge in [-0.05, 0) is 31.0 Å². The quantitative estimate of drug-likeness (QED) is 0.874. The summed E-state index contributed by atoms with van der Waals surface area (Å²) in [6, 6.07) is 7.64. The van der Waals surface area contributed by atoms with Gasteiger partial charge in [0.2, 0.25) is 5.91 Å². The molecule has 0 heterocycles. The lowest BCUT2D eigenvalue weighted by molar-refractivity contribution is 0.1000. The Bertz CT molecular complexity index is 372. The van der Waals surface area contributed by atoms with Crippen LogP contribution in [0, 0.1) is 0 Å². The minimum absolute atomic E-state index is 0.342. The Labute approximate surface area is 101 Å². The summed E-state index contributed by atoms with van der Waals surface area (Å²) in [6.45, 7) is 0. The van der Waals surface area contributed by atoms with Crippen molar-refractivity contribution in [3.05, 3.63) is 29.8 Å². The fourth-order valence-electron chi connectivity index (χ4n) is 2.10. The molecule has 1 aromatic rings. The molecule has 1 aliphatic carbocycles. The molecule has 0 saturated heterocycles.